The van der Waals surface area contributed by atoms with Gasteiger partial charge in [0.25, 0.3) is 0 Å². The van der Waals surface area contributed by atoms with Crippen molar-refractivity contribution in [3.05, 3.63) is 23.7 Å². The lowest BCUT2D eigenvalue weighted by molar-refractivity contribution is -0.135. The lowest BCUT2D eigenvalue weighted by atomic mass is 10.1. The Balaban J connectivity index is 1.46. The van der Waals surface area contributed by atoms with Gasteiger partial charge in [-0.2, -0.15) is 0 Å². The lowest BCUT2D eigenvalue weighted by Crippen LogP contribution is -2.40. The zero-order chi connectivity index (χ0) is 22.7. The van der Waals surface area contributed by atoms with Crippen molar-refractivity contribution in [3.63, 3.8) is 0 Å². The van der Waals surface area contributed by atoms with Crippen molar-refractivity contribution in [1.82, 2.24) is 9.88 Å². The van der Waals surface area contributed by atoms with Crippen molar-refractivity contribution >= 4 is 34.0 Å². The summed E-state index contributed by atoms with van der Waals surface area (Å²) < 4.78 is 16.2. The average Bonchev–Trinajstić information content (AvgIpc) is 3.42. The molecule has 1 aromatic carbocycles. The number of hydrogen-bond donors (Lipinski definition) is 0. The van der Waals surface area contributed by atoms with Crippen molar-refractivity contribution in [2.45, 2.75) is 12.8 Å². The van der Waals surface area contributed by atoms with Crippen LogP contribution in [-0.2, 0) is 9.59 Å². The zero-order valence-corrected chi connectivity index (χ0v) is 19.4. The van der Waals surface area contributed by atoms with E-state index in [1.54, 1.807) is 34.6 Å². The second-order valence-electron chi connectivity index (χ2n) is 7.77. The summed E-state index contributed by atoms with van der Waals surface area (Å²) >= 11 is 1.61. The van der Waals surface area contributed by atoms with Crippen LogP contribution in [0.4, 0.5) is 10.8 Å². The minimum Gasteiger partial charge on any atom is -0.493 e. The van der Waals surface area contributed by atoms with Crippen LogP contribution in [-0.4, -0.2) is 75.8 Å². The summed E-state index contributed by atoms with van der Waals surface area (Å²) in [7, 11) is 4.60. The van der Waals surface area contributed by atoms with Crippen LogP contribution in [0.2, 0.25) is 0 Å². The van der Waals surface area contributed by atoms with E-state index >= 15 is 0 Å². The second kappa shape index (κ2) is 9.64. The highest BCUT2D eigenvalue weighted by Gasteiger charge is 2.38. The summed E-state index contributed by atoms with van der Waals surface area (Å²) in [5.74, 6) is 0.991. The predicted molar refractivity (Wildman–Crippen MR) is 122 cm³/mol. The molecule has 2 saturated heterocycles. The van der Waals surface area contributed by atoms with E-state index in [2.05, 4.69) is 9.88 Å². The zero-order valence-electron chi connectivity index (χ0n) is 18.6. The van der Waals surface area contributed by atoms with Gasteiger partial charge in [0.1, 0.15) is 0 Å². The lowest BCUT2D eigenvalue weighted by Gasteiger charge is -2.25. The smallest absolute Gasteiger partial charge is 0.228 e. The van der Waals surface area contributed by atoms with Crippen LogP contribution in [0.3, 0.4) is 0 Å². The van der Waals surface area contributed by atoms with Gasteiger partial charge in [-0.25, -0.2) is 4.98 Å². The molecule has 2 amide bonds. The van der Waals surface area contributed by atoms with Crippen LogP contribution in [0.5, 0.6) is 17.2 Å². The van der Waals surface area contributed by atoms with Crippen LogP contribution < -0.4 is 24.0 Å². The number of benzene rings is 1. The number of ether oxygens (including phenoxy) is 3. The molecule has 0 N–H and O–H groups in total. The van der Waals surface area contributed by atoms with Crippen LogP contribution >= 0.6 is 11.3 Å². The third-order valence-corrected chi connectivity index (χ3v) is 6.77. The molecule has 1 aromatic heterocycles. The quantitative estimate of drug-likeness (QED) is 0.654. The van der Waals surface area contributed by atoms with Gasteiger partial charge in [0.2, 0.25) is 17.6 Å². The normalized spacial score (nSPS) is 19.2. The minimum atomic E-state index is -0.368. The number of rotatable bonds is 6. The molecule has 9 nitrogen and oxygen atoms in total. The molecule has 4 rings (SSSR count). The van der Waals surface area contributed by atoms with E-state index in [0.717, 1.165) is 24.6 Å². The van der Waals surface area contributed by atoms with Crippen LogP contribution in [0, 0.1) is 5.92 Å². The molecule has 0 saturated carbocycles. The Morgan fingerprint density at radius 3 is 2.44 bits per heavy atom. The topological polar surface area (TPSA) is 84.4 Å². The predicted octanol–water partition coefficient (Wildman–Crippen LogP) is 2.26. The Labute approximate surface area is 191 Å². The Morgan fingerprint density at radius 2 is 1.81 bits per heavy atom. The fourth-order valence-corrected chi connectivity index (χ4v) is 5.00. The first-order valence-electron chi connectivity index (χ1n) is 10.6. The highest BCUT2D eigenvalue weighted by atomic mass is 32.1. The van der Waals surface area contributed by atoms with Gasteiger partial charge in [0, 0.05) is 62.9 Å². The van der Waals surface area contributed by atoms with Crippen molar-refractivity contribution in [2.24, 2.45) is 5.92 Å². The maximum absolute atomic E-state index is 13.3. The van der Waals surface area contributed by atoms with Crippen LogP contribution in [0.25, 0.3) is 0 Å². The number of amides is 2. The summed E-state index contributed by atoms with van der Waals surface area (Å²) in [5.41, 5.74) is 0.630. The molecule has 2 fully saturated rings. The Hall–Kier alpha value is -3.01. The second-order valence-corrected chi connectivity index (χ2v) is 8.64. The molecule has 32 heavy (non-hydrogen) atoms. The molecule has 0 radical (unpaired) electrons. The molecule has 1 unspecified atom stereocenters. The van der Waals surface area contributed by atoms with Gasteiger partial charge in [-0.15, -0.1) is 11.3 Å². The fraction of sp³-hybridized carbons (Fsp3) is 0.500. The Kier molecular flexibility index (Phi) is 6.69. The maximum Gasteiger partial charge on any atom is 0.228 e. The number of anilines is 2. The first kappa shape index (κ1) is 22.2. The molecular formula is C22H28N4O5S. The summed E-state index contributed by atoms with van der Waals surface area (Å²) in [6, 6.07) is 3.48. The third-order valence-electron chi connectivity index (χ3n) is 5.93. The largest absolute Gasteiger partial charge is 0.493 e. The molecule has 0 aliphatic carbocycles. The molecule has 2 aliphatic heterocycles. The summed E-state index contributed by atoms with van der Waals surface area (Å²) in [6.45, 7) is 3.28. The first-order valence-corrected chi connectivity index (χ1v) is 11.5. The van der Waals surface area contributed by atoms with E-state index in [1.165, 1.54) is 21.3 Å². The van der Waals surface area contributed by atoms with Gasteiger partial charge in [0.05, 0.1) is 32.9 Å². The van der Waals surface area contributed by atoms with E-state index in [1.807, 2.05) is 10.3 Å². The van der Waals surface area contributed by atoms with Crippen LogP contribution in [0.15, 0.2) is 23.7 Å². The molecule has 172 valence electrons. The summed E-state index contributed by atoms with van der Waals surface area (Å²) in [4.78, 5) is 36.2. The van der Waals surface area contributed by atoms with Crippen molar-refractivity contribution in [1.29, 1.82) is 0 Å². The third kappa shape index (κ3) is 4.32. The highest BCUT2D eigenvalue weighted by molar-refractivity contribution is 7.13. The molecule has 0 bridgehead atoms. The van der Waals surface area contributed by atoms with E-state index in [-0.39, 0.29) is 24.2 Å². The number of carbonyl (C=O) groups is 2. The number of aromatic nitrogens is 1. The summed E-state index contributed by atoms with van der Waals surface area (Å²) in [5, 5.41) is 2.95. The molecule has 0 spiro atoms. The SMILES string of the molecule is COc1cc(N2CC(C(=O)N3CCCN(c4nccs4)CC3)CC2=O)cc(OC)c1OC. The number of hydrogen-bond acceptors (Lipinski definition) is 8. The van der Waals surface area contributed by atoms with Gasteiger partial charge in [-0.3, -0.25) is 9.59 Å². The fourth-order valence-electron chi connectivity index (χ4n) is 4.31. The minimum absolute atomic E-state index is 0.0364. The summed E-state index contributed by atoms with van der Waals surface area (Å²) in [6.07, 6.45) is 2.88. The van der Waals surface area contributed by atoms with Crippen molar-refractivity contribution < 1.29 is 23.8 Å². The van der Waals surface area contributed by atoms with E-state index in [9.17, 15) is 9.59 Å². The first-order chi connectivity index (χ1) is 15.5. The molecule has 1 atom stereocenters. The average molecular weight is 461 g/mol. The number of methoxy groups -OCH3 is 3. The van der Waals surface area contributed by atoms with Gasteiger partial charge < -0.3 is 28.9 Å². The number of nitrogens with zero attached hydrogens (tertiary/aromatic N) is 4. The maximum atomic E-state index is 13.3. The molecule has 3 heterocycles. The van der Waals surface area contributed by atoms with Gasteiger partial charge in [0.15, 0.2) is 16.6 Å². The van der Waals surface area contributed by atoms with Gasteiger partial charge in [-0.05, 0) is 6.42 Å². The van der Waals surface area contributed by atoms with E-state index in [4.69, 9.17) is 14.2 Å². The molecule has 10 heteroatoms. The van der Waals surface area contributed by atoms with Crippen molar-refractivity contribution in [3.8, 4) is 17.2 Å². The number of carbonyl (C=O) groups excluding carboxylic acids is 2. The standard InChI is InChI=1S/C22H28N4O5S/c1-29-17-12-16(13-18(30-2)20(17)31-3)26-14-15(11-19(26)27)21(28)24-6-4-7-25(9-8-24)22-23-5-10-32-22/h5,10,12-13,15H,4,6-9,11,14H2,1-3H3. The van der Waals surface area contributed by atoms with Gasteiger partial charge in [-0.1, -0.05) is 0 Å². The monoisotopic (exact) mass is 460 g/mol. The Bertz CT molecular complexity index is 942. The molecule has 2 aromatic rings. The van der Waals surface area contributed by atoms with Crippen LogP contribution in [0.1, 0.15) is 12.8 Å². The van der Waals surface area contributed by atoms with Crippen molar-refractivity contribution in [2.75, 3.05) is 63.9 Å². The Morgan fingerprint density at radius 1 is 1.06 bits per heavy atom. The van der Waals surface area contributed by atoms with Gasteiger partial charge >= 0.3 is 0 Å². The number of thiazole rings is 1. The highest BCUT2D eigenvalue weighted by Crippen LogP contribution is 2.42. The molecular weight excluding hydrogens is 432 g/mol. The van der Waals surface area contributed by atoms with E-state index < -0.39 is 0 Å². The molecule has 2 aliphatic rings. The van der Waals surface area contributed by atoms with E-state index in [0.29, 0.717) is 42.6 Å².